The third-order valence-electron chi connectivity index (χ3n) is 3.61. The number of nitrogens with one attached hydrogen (secondary N) is 1. The van der Waals surface area contributed by atoms with Crippen LogP contribution in [0.3, 0.4) is 0 Å². The molecule has 1 aromatic rings. The summed E-state index contributed by atoms with van der Waals surface area (Å²) in [5, 5.41) is 4.77. The molecule has 0 aromatic heterocycles. The molecule has 2 rings (SSSR count). The predicted molar refractivity (Wildman–Crippen MR) is 78.6 cm³/mol. The first kappa shape index (κ1) is 13.9. The molecule has 18 heavy (non-hydrogen) atoms. The number of carbonyl (C=O) groups is 1. The smallest absolute Gasteiger partial charge is 0.251 e. The van der Waals surface area contributed by atoms with E-state index in [9.17, 15) is 4.79 Å². The number of rotatable bonds is 3. The number of benzene rings is 1. The first-order chi connectivity index (χ1) is 8.61. The van der Waals surface area contributed by atoms with Gasteiger partial charge in [-0.25, -0.2) is 0 Å². The fourth-order valence-corrected chi connectivity index (χ4v) is 3.54. The maximum Gasteiger partial charge on any atom is 0.251 e. The molecule has 0 spiro atoms. The van der Waals surface area contributed by atoms with Gasteiger partial charge in [-0.05, 0) is 49.4 Å². The summed E-state index contributed by atoms with van der Waals surface area (Å²) in [6.45, 7) is 1.91. The first-order valence-corrected chi connectivity index (χ1v) is 7.74. The zero-order valence-electron chi connectivity index (χ0n) is 10.4. The van der Waals surface area contributed by atoms with Crippen molar-refractivity contribution in [1.82, 2.24) is 5.32 Å². The number of amides is 1. The SMILES string of the molecule is Cc1cc(Cl)ccc1C(=O)NC1CCCC1CBr. The van der Waals surface area contributed by atoms with E-state index >= 15 is 0 Å². The van der Waals surface area contributed by atoms with Gasteiger partial charge in [0.2, 0.25) is 0 Å². The van der Waals surface area contributed by atoms with E-state index in [1.165, 1.54) is 12.8 Å². The monoisotopic (exact) mass is 329 g/mol. The topological polar surface area (TPSA) is 29.1 Å². The molecular weight excluding hydrogens is 314 g/mol. The molecule has 1 aromatic carbocycles. The standard InChI is InChI=1S/C14H17BrClNO/c1-9-7-11(16)5-6-12(9)14(18)17-13-4-2-3-10(13)8-15/h5-7,10,13H,2-4,8H2,1H3,(H,17,18). The minimum atomic E-state index is 0.0158. The van der Waals surface area contributed by atoms with Crippen LogP contribution in [0.15, 0.2) is 18.2 Å². The molecule has 1 aliphatic carbocycles. The molecule has 0 aliphatic heterocycles. The Morgan fingerprint density at radius 2 is 2.28 bits per heavy atom. The van der Waals surface area contributed by atoms with E-state index in [0.717, 1.165) is 22.9 Å². The van der Waals surface area contributed by atoms with E-state index in [2.05, 4.69) is 21.2 Å². The molecule has 0 bridgehead atoms. The summed E-state index contributed by atoms with van der Waals surface area (Å²) in [5.74, 6) is 0.573. The summed E-state index contributed by atoms with van der Waals surface area (Å²) in [5.41, 5.74) is 1.65. The van der Waals surface area contributed by atoms with Crippen molar-refractivity contribution in [2.24, 2.45) is 5.92 Å². The van der Waals surface area contributed by atoms with Crippen molar-refractivity contribution in [2.45, 2.75) is 32.2 Å². The quantitative estimate of drug-likeness (QED) is 0.836. The number of hydrogen-bond acceptors (Lipinski definition) is 1. The van der Waals surface area contributed by atoms with E-state index in [-0.39, 0.29) is 5.91 Å². The van der Waals surface area contributed by atoms with Crippen molar-refractivity contribution in [1.29, 1.82) is 0 Å². The lowest BCUT2D eigenvalue weighted by Gasteiger charge is -2.19. The van der Waals surface area contributed by atoms with Crippen LogP contribution < -0.4 is 5.32 Å². The molecule has 0 radical (unpaired) electrons. The fraction of sp³-hybridized carbons (Fsp3) is 0.500. The van der Waals surface area contributed by atoms with E-state index in [1.54, 1.807) is 12.1 Å². The van der Waals surface area contributed by atoms with Gasteiger partial charge in [-0.2, -0.15) is 0 Å². The van der Waals surface area contributed by atoms with Crippen LogP contribution >= 0.6 is 27.5 Å². The van der Waals surface area contributed by atoms with Gasteiger partial charge in [-0.15, -0.1) is 0 Å². The Labute approximate surface area is 121 Å². The Kier molecular flexibility index (Phi) is 4.68. The van der Waals surface area contributed by atoms with Crippen molar-refractivity contribution in [3.8, 4) is 0 Å². The Hall–Kier alpha value is -0.540. The van der Waals surface area contributed by atoms with Gasteiger partial charge < -0.3 is 5.32 Å². The lowest BCUT2D eigenvalue weighted by atomic mass is 10.0. The van der Waals surface area contributed by atoms with E-state index < -0.39 is 0 Å². The van der Waals surface area contributed by atoms with Gasteiger partial charge in [-0.3, -0.25) is 4.79 Å². The molecule has 2 atom stereocenters. The highest BCUT2D eigenvalue weighted by Crippen LogP contribution is 2.27. The average molecular weight is 331 g/mol. The summed E-state index contributed by atoms with van der Waals surface area (Å²) < 4.78 is 0. The number of carbonyl (C=O) groups excluding carboxylic acids is 1. The summed E-state index contributed by atoms with van der Waals surface area (Å²) >= 11 is 9.42. The molecule has 1 saturated carbocycles. The van der Waals surface area contributed by atoms with Gasteiger partial charge in [0, 0.05) is 22.0 Å². The maximum absolute atomic E-state index is 12.2. The van der Waals surface area contributed by atoms with Crippen LogP contribution in [0.25, 0.3) is 0 Å². The summed E-state index contributed by atoms with van der Waals surface area (Å²) in [6, 6.07) is 5.69. The van der Waals surface area contributed by atoms with E-state index in [4.69, 9.17) is 11.6 Å². The normalized spacial score (nSPS) is 23.1. The molecule has 2 unspecified atom stereocenters. The maximum atomic E-state index is 12.2. The number of aryl methyl sites for hydroxylation is 1. The van der Waals surface area contributed by atoms with Gasteiger partial charge in [0.05, 0.1) is 0 Å². The van der Waals surface area contributed by atoms with Gasteiger partial charge in [0.15, 0.2) is 0 Å². The van der Waals surface area contributed by atoms with Crippen molar-refractivity contribution < 1.29 is 4.79 Å². The van der Waals surface area contributed by atoms with Crippen LogP contribution in [0, 0.1) is 12.8 Å². The number of halogens is 2. The highest BCUT2D eigenvalue weighted by Gasteiger charge is 2.28. The van der Waals surface area contributed by atoms with Gasteiger partial charge in [0.25, 0.3) is 5.91 Å². The second-order valence-corrected chi connectivity index (χ2v) is 5.97. The highest BCUT2D eigenvalue weighted by atomic mass is 79.9. The van der Waals surface area contributed by atoms with Gasteiger partial charge in [0.1, 0.15) is 0 Å². The average Bonchev–Trinajstić information content (AvgIpc) is 2.76. The lowest BCUT2D eigenvalue weighted by molar-refractivity contribution is 0.0929. The zero-order valence-corrected chi connectivity index (χ0v) is 12.7. The van der Waals surface area contributed by atoms with Crippen molar-refractivity contribution >= 4 is 33.4 Å². The summed E-state index contributed by atoms with van der Waals surface area (Å²) in [4.78, 5) is 12.2. The molecule has 1 N–H and O–H groups in total. The van der Waals surface area contributed by atoms with Crippen molar-refractivity contribution in [2.75, 3.05) is 5.33 Å². The molecule has 98 valence electrons. The van der Waals surface area contributed by atoms with E-state index in [0.29, 0.717) is 17.0 Å². The Balaban J connectivity index is 2.07. The van der Waals surface area contributed by atoms with Gasteiger partial charge >= 0.3 is 0 Å². The minimum absolute atomic E-state index is 0.0158. The predicted octanol–water partition coefficient (Wildman–Crippen LogP) is 3.94. The van der Waals surface area contributed by atoms with Crippen molar-refractivity contribution in [3.05, 3.63) is 34.3 Å². The number of hydrogen-bond donors (Lipinski definition) is 1. The van der Waals surface area contributed by atoms with Crippen LogP contribution in [0.1, 0.15) is 35.2 Å². The summed E-state index contributed by atoms with van der Waals surface area (Å²) in [7, 11) is 0. The molecule has 0 saturated heterocycles. The summed E-state index contributed by atoms with van der Waals surface area (Å²) in [6.07, 6.45) is 3.46. The third kappa shape index (κ3) is 3.07. The van der Waals surface area contributed by atoms with Crippen LogP contribution in [-0.4, -0.2) is 17.3 Å². The Morgan fingerprint density at radius 1 is 1.50 bits per heavy atom. The second kappa shape index (κ2) is 6.07. The number of alkyl halides is 1. The first-order valence-electron chi connectivity index (χ1n) is 6.25. The highest BCUT2D eigenvalue weighted by molar-refractivity contribution is 9.09. The van der Waals surface area contributed by atoms with Crippen LogP contribution in [-0.2, 0) is 0 Å². The second-order valence-electron chi connectivity index (χ2n) is 4.88. The molecule has 1 aliphatic rings. The molecule has 1 amide bonds. The molecule has 1 fully saturated rings. The molecule has 4 heteroatoms. The minimum Gasteiger partial charge on any atom is -0.349 e. The lowest BCUT2D eigenvalue weighted by Crippen LogP contribution is -2.38. The largest absolute Gasteiger partial charge is 0.349 e. The third-order valence-corrected chi connectivity index (χ3v) is 4.67. The van der Waals surface area contributed by atoms with E-state index in [1.807, 2.05) is 13.0 Å². The molecule has 0 heterocycles. The Bertz CT molecular complexity index is 449. The van der Waals surface area contributed by atoms with Crippen LogP contribution in [0.4, 0.5) is 0 Å². The van der Waals surface area contributed by atoms with Crippen molar-refractivity contribution in [3.63, 3.8) is 0 Å². The molecule has 2 nitrogen and oxygen atoms in total. The van der Waals surface area contributed by atoms with Crippen LogP contribution in [0.5, 0.6) is 0 Å². The van der Waals surface area contributed by atoms with Gasteiger partial charge in [-0.1, -0.05) is 34.0 Å². The van der Waals surface area contributed by atoms with Crippen LogP contribution in [0.2, 0.25) is 5.02 Å². The Morgan fingerprint density at radius 3 is 2.94 bits per heavy atom. The zero-order chi connectivity index (χ0) is 13.1. The fourth-order valence-electron chi connectivity index (χ4n) is 2.54. The molecular formula is C14H17BrClNO.